The average Bonchev–Trinajstić information content (AvgIpc) is 3.10. The summed E-state index contributed by atoms with van der Waals surface area (Å²) in [7, 11) is -7.47. The summed E-state index contributed by atoms with van der Waals surface area (Å²) in [5, 5.41) is 0. The first kappa shape index (κ1) is 26.5. The van der Waals surface area contributed by atoms with Gasteiger partial charge in [0.25, 0.3) is 0 Å². The van der Waals surface area contributed by atoms with Crippen molar-refractivity contribution in [3.05, 3.63) is 47.5 Å². The maximum Gasteiger partial charge on any atom is 0.243 e. The molecule has 0 fully saturated rings. The highest BCUT2D eigenvalue weighted by Gasteiger charge is 2.32. The first-order valence-corrected chi connectivity index (χ1v) is 14.8. The van der Waals surface area contributed by atoms with Gasteiger partial charge in [0.2, 0.25) is 20.0 Å². The molecule has 34 heavy (non-hydrogen) atoms. The maximum atomic E-state index is 13.3. The molecule has 7 nitrogen and oxygen atoms in total. The Morgan fingerprint density at radius 2 is 0.882 bits per heavy atom. The number of hydrogen-bond donors (Lipinski definition) is 0. The van der Waals surface area contributed by atoms with E-state index in [4.69, 9.17) is 0 Å². The van der Waals surface area contributed by atoms with Crippen LogP contribution in [0.15, 0.2) is 46.2 Å². The van der Waals surface area contributed by atoms with Crippen LogP contribution in [-0.4, -0.2) is 57.4 Å². The number of sulfonamides is 2. The molecule has 1 aliphatic carbocycles. The molecule has 0 aliphatic heterocycles. The van der Waals surface area contributed by atoms with Gasteiger partial charge in [-0.3, -0.25) is 4.79 Å². The van der Waals surface area contributed by atoms with E-state index in [1.165, 1.54) is 32.9 Å². The van der Waals surface area contributed by atoms with Crippen LogP contribution in [0.5, 0.6) is 0 Å². The Labute approximate surface area is 203 Å². The topological polar surface area (TPSA) is 91.8 Å². The molecule has 0 aromatic heterocycles. The minimum absolute atomic E-state index is 0.0826. The van der Waals surface area contributed by atoms with E-state index in [9.17, 15) is 21.6 Å². The molecule has 0 bridgehead atoms. The zero-order valence-electron chi connectivity index (χ0n) is 20.4. The number of carbonyl (C=O) groups is 1. The van der Waals surface area contributed by atoms with Crippen LogP contribution in [0.4, 0.5) is 0 Å². The van der Waals surface area contributed by atoms with E-state index in [0.29, 0.717) is 63.0 Å². The monoisotopic (exact) mass is 506 g/mol. The van der Waals surface area contributed by atoms with Crippen molar-refractivity contribution in [1.29, 1.82) is 0 Å². The van der Waals surface area contributed by atoms with Gasteiger partial charge >= 0.3 is 0 Å². The van der Waals surface area contributed by atoms with Crippen LogP contribution >= 0.6 is 0 Å². The largest absolute Gasteiger partial charge is 0.289 e. The Balaban J connectivity index is 2.02. The van der Waals surface area contributed by atoms with E-state index in [0.717, 1.165) is 0 Å². The Kier molecular flexibility index (Phi) is 8.34. The number of nitrogens with zero attached hydrogens (tertiary/aromatic N) is 2. The fourth-order valence-electron chi connectivity index (χ4n) is 4.36. The van der Waals surface area contributed by atoms with Crippen LogP contribution < -0.4 is 0 Å². The van der Waals surface area contributed by atoms with Gasteiger partial charge in [0, 0.05) is 37.3 Å². The third-order valence-electron chi connectivity index (χ3n) is 5.93. The molecule has 186 valence electrons. The smallest absolute Gasteiger partial charge is 0.243 e. The first-order chi connectivity index (χ1) is 16.1. The molecule has 3 rings (SSSR count). The number of benzene rings is 2. The van der Waals surface area contributed by atoms with E-state index in [-0.39, 0.29) is 26.7 Å². The van der Waals surface area contributed by atoms with Crippen molar-refractivity contribution in [2.45, 2.75) is 63.2 Å². The average molecular weight is 507 g/mol. The zero-order chi connectivity index (χ0) is 25.1. The lowest BCUT2D eigenvalue weighted by molar-refractivity contribution is 0.104. The molecule has 0 spiro atoms. The van der Waals surface area contributed by atoms with Gasteiger partial charge in [-0.1, -0.05) is 39.8 Å². The van der Waals surface area contributed by atoms with E-state index < -0.39 is 20.0 Å². The minimum atomic E-state index is -3.73. The van der Waals surface area contributed by atoms with Gasteiger partial charge in [-0.05, 0) is 61.1 Å². The van der Waals surface area contributed by atoms with Crippen LogP contribution in [0.25, 0.3) is 11.1 Å². The molecule has 0 radical (unpaired) electrons. The van der Waals surface area contributed by atoms with Crippen molar-refractivity contribution in [1.82, 2.24) is 8.61 Å². The Hall–Kier alpha value is -2.07. The molecule has 2 aromatic carbocycles. The lowest BCUT2D eigenvalue weighted by Gasteiger charge is -2.21. The third kappa shape index (κ3) is 4.84. The first-order valence-electron chi connectivity index (χ1n) is 12.0. The van der Waals surface area contributed by atoms with Gasteiger partial charge in [-0.2, -0.15) is 8.61 Å². The zero-order valence-corrected chi connectivity index (χ0v) is 22.0. The molecule has 0 amide bonds. The van der Waals surface area contributed by atoms with Crippen molar-refractivity contribution in [3.8, 4) is 11.1 Å². The molecular formula is C25H34N2O5S2. The second-order valence-corrected chi connectivity index (χ2v) is 12.4. The Morgan fingerprint density at radius 3 is 1.18 bits per heavy atom. The number of carbonyl (C=O) groups excluding carboxylic acids is 1. The lowest BCUT2D eigenvalue weighted by atomic mass is 10.1. The van der Waals surface area contributed by atoms with Crippen molar-refractivity contribution in [2.24, 2.45) is 0 Å². The summed E-state index contributed by atoms with van der Waals surface area (Å²) in [4.78, 5) is 13.4. The molecule has 0 heterocycles. The third-order valence-corrected chi connectivity index (χ3v) is 9.72. The van der Waals surface area contributed by atoms with E-state index in [1.807, 2.05) is 27.7 Å². The highest BCUT2D eigenvalue weighted by atomic mass is 32.2. The molecule has 0 atom stereocenters. The van der Waals surface area contributed by atoms with Crippen molar-refractivity contribution >= 4 is 25.8 Å². The number of hydrogen-bond acceptors (Lipinski definition) is 5. The van der Waals surface area contributed by atoms with Crippen LogP contribution in [0.3, 0.4) is 0 Å². The predicted octanol–water partition coefficient (Wildman–Crippen LogP) is 4.52. The predicted molar refractivity (Wildman–Crippen MR) is 134 cm³/mol. The van der Waals surface area contributed by atoms with E-state index >= 15 is 0 Å². The second kappa shape index (κ2) is 10.7. The van der Waals surface area contributed by atoms with E-state index in [1.54, 1.807) is 12.1 Å². The summed E-state index contributed by atoms with van der Waals surface area (Å²) in [6.45, 7) is 9.35. The molecule has 0 saturated heterocycles. The van der Waals surface area contributed by atoms with Crippen LogP contribution in [0.1, 0.15) is 69.3 Å². The second-order valence-electron chi connectivity index (χ2n) is 8.55. The fourth-order valence-corrected chi connectivity index (χ4v) is 7.66. The SMILES string of the molecule is CCCN(CCC)S(=O)(=O)c1ccc2c(c1)C(=O)c1cc(S(=O)(=O)N(CCC)CCC)ccc1-2. The van der Waals surface area contributed by atoms with Crippen LogP contribution in [-0.2, 0) is 20.0 Å². The Bertz CT molecular complexity index is 1160. The van der Waals surface area contributed by atoms with Crippen molar-refractivity contribution in [3.63, 3.8) is 0 Å². The van der Waals surface area contributed by atoms with E-state index in [2.05, 4.69) is 0 Å². The summed E-state index contributed by atoms with van der Waals surface area (Å²) in [6.07, 6.45) is 2.77. The number of rotatable bonds is 12. The fraction of sp³-hybridized carbons (Fsp3) is 0.480. The molecule has 2 aromatic rings. The Morgan fingerprint density at radius 1 is 0.559 bits per heavy atom. The van der Waals surface area contributed by atoms with Crippen molar-refractivity contribution < 1.29 is 21.6 Å². The van der Waals surface area contributed by atoms with Crippen molar-refractivity contribution in [2.75, 3.05) is 26.2 Å². The summed E-state index contributed by atoms with van der Waals surface area (Å²) < 4.78 is 55.7. The van der Waals surface area contributed by atoms with Crippen LogP contribution in [0, 0.1) is 0 Å². The lowest BCUT2D eigenvalue weighted by Crippen LogP contribution is -2.32. The number of fused-ring (bicyclic) bond motifs is 3. The highest BCUT2D eigenvalue weighted by Crippen LogP contribution is 2.39. The summed E-state index contributed by atoms with van der Waals surface area (Å²) in [6, 6.07) is 9.22. The molecule has 0 saturated carbocycles. The van der Waals surface area contributed by atoms with Gasteiger partial charge in [0.15, 0.2) is 5.78 Å². The normalized spacial score (nSPS) is 13.5. The molecule has 1 aliphatic rings. The van der Waals surface area contributed by atoms with Gasteiger partial charge < -0.3 is 0 Å². The summed E-state index contributed by atoms with van der Waals surface area (Å²) in [5.74, 6) is -0.353. The molecule has 9 heteroatoms. The standard InChI is InChI=1S/C25H34N2O5S2/c1-5-13-26(14-6-2)33(29,30)19-9-11-21-22-12-10-20(18-24(22)25(28)23(21)17-19)34(31,32)27(15-7-3)16-8-4/h9-12,17-18H,5-8,13-16H2,1-4H3. The molecular weight excluding hydrogens is 472 g/mol. The van der Waals surface area contributed by atoms with Crippen LogP contribution in [0.2, 0.25) is 0 Å². The minimum Gasteiger partial charge on any atom is -0.289 e. The highest BCUT2D eigenvalue weighted by molar-refractivity contribution is 7.89. The molecule has 0 N–H and O–H groups in total. The molecule has 0 unspecified atom stereocenters. The van der Waals surface area contributed by atoms with Gasteiger partial charge in [0.05, 0.1) is 9.79 Å². The maximum absolute atomic E-state index is 13.3. The summed E-state index contributed by atoms with van der Waals surface area (Å²) >= 11 is 0. The quantitative estimate of drug-likeness (QED) is 0.360. The van der Waals surface area contributed by atoms with Gasteiger partial charge in [-0.15, -0.1) is 0 Å². The summed E-state index contributed by atoms with van der Waals surface area (Å²) in [5.41, 5.74) is 1.83. The van der Waals surface area contributed by atoms with Gasteiger partial charge in [-0.25, -0.2) is 16.8 Å². The van der Waals surface area contributed by atoms with Gasteiger partial charge in [0.1, 0.15) is 0 Å². The number of ketones is 1.